The molecule has 0 unspecified atom stereocenters. The summed E-state index contributed by atoms with van der Waals surface area (Å²) in [6.07, 6.45) is 8.19. The zero-order valence-electron chi connectivity index (χ0n) is 25.8. The summed E-state index contributed by atoms with van der Waals surface area (Å²) < 4.78 is 35.5. The lowest BCUT2D eigenvalue weighted by atomic mass is 10.0. The second-order valence-corrected chi connectivity index (χ2v) is 14.3. The standard InChI is InChI=1S/C31H45N5O7S/c1-30(2,3)43-29(40)33-24-16-11-6-4-5-10-15-23-21-31(23,34-26(37)25-17-12-20-36(25)27(24)38)28(39)35-44(41,42)32-19-18-22-13-8-7-9-14-22/h7-10,13-15,23-25,32H,4-6,11-12,16-21H2,1-3H3,(H,33,40)(H,34,37)(H,35,39)/b15-10-/t23-,24-,25-,31+/m0/s1. The van der Waals surface area contributed by atoms with Gasteiger partial charge in [-0.25, -0.2) is 9.52 Å². The molecule has 242 valence electrons. The van der Waals surface area contributed by atoms with Gasteiger partial charge in [0, 0.05) is 19.0 Å². The van der Waals surface area contributed by atoms with E-state index in [9.17, 15) is 27.6 Å². The van der Waals surface area contributed by atoms with Crippen molar-refractivity contribution in [2.75, 3.05) is 13.1 Å². The van der Waals surface area contributed by atoms with Crippen LogP contribution in [0.5, 0.6) is 0 Å². The average molecular weight is 632 g/mol. The molecule has 2 aliphatic heterocycles. The lowest BCUT2D eigenvalue weighted by Gasteiger charge is -2.30. The molecule has 4 amide bonds. The summed E-state index contributed by atoms with van der Waals surface area (Å²) in [4.78, 5) is 54.9. The van der Waals surface area contributed by atoms with Crippen molar-refractivity contribution in [2.45, 2.75) is 102 Å². The van der Waals surface area contributed by atoms with E-state index < -0.39 is 51.3 Å². The Balaban J connectivity index is 1.47. The number of nitrogens with one attached hydrogen (secondary N) is 4. The minimum absolute atomic E-state index is 0.0902. The van der Waals surface area contributed by atoms with Gasteiger partial charge >= 0.3 is 16.3 Å². The minimum atomic E-state index is -4.19. The highest BCUT2D eigenvalue weighted by molar-refractivity contribution is 7.88. The van der Waals surface area contributed by atoms with Crippen LogP contribution in [0.1, 0.15) is 77.7 Å². The molecule has 1 saturated heterocycles. The van der Waals surface area contributed by atoms with E-state index >= 15 is 0 Å². The molecule has 3 aliphatic rings. The number of carbonyl (C=O) groups excluding carboxylic acids is 4. The van der Waals surface area contributed by atoms with Crippen molar-refractivity contribution in [2.24, 2.45) is 5.92 Å². The third kappa shape index (κ3) is 9.04. The minimum Gasteiger partial charge on any atom is -0.444 e. The number of allylic oxidation sites excluding steroid dienone is 1. The van der Waals surface area contributed by atoms with Gasteiger partial charge in [-0.15, -0.1) is 0 Å². The van der Waals surface area contributed by atoms with Crippen LogP contribution < -0.4 is 20.1 Å². The van der Waals surface area contributed by atoms with Crippen LogP contribution in [0.25, 0.3) is 0 Å². The number of alkyl carbamates (subject to hydrolysis) is 1. The maximum atomic E-state index is 13.7. The average Bonchev–Trinajstić information content (AvgIpc) is 3.40. The van der Waals surface area contributed by atoms with Gasteiger partial charge in [-0.1, -0.05) is 55.3 Å². The van der Waals surface area contributed by atoms with E-state index in [-0.39, 0.29) is 24.8 Å². The Bertz CT molecular complexity index is 1340. The van der Waals surface area contributed by atoms with E-state index in [4.69, 9.17) is 4.74 Å². The van der Waals surface area contributed by atoms with Crippen LogP contribution in [-0.4, -0.2) is 73.4 Å². The molecule has 44 heavy (non-hydrogen) atoms. The molecule has 4 N–H and O–H groups in total. The van der Waals surface area contributed by atoms with Gasteiger partial charge in [-0.05, 0) is 71.3 Å². The summed E-state index contributed by atoms with van der Waals surface area (Å²) in [5.74, 6) is -2.11. The highest BCUT2D eigenvalue weighted by Gasteiger charge is 2.61. The zero-order valence-corrected chi connectivity index (χ0v) is 26.6. The Kier molecular flexibility index (Phi) is 10.7. The van der Waals surface area contributed by atoms with Gasteiger partial charge in [-0.2, -0.15) is 13.1 Å². The quantitative estimate of drug-likeness (QED) is 0.336. The van der Waals surface area contributed by atoms with E-state index in [0.717, 1.165) is 18.4 Å². The lowest BCUT2D eigenvalue weighted by Crippen LogP contribution is -2.59. The highest BCUT2D eigenvalue weighted by atomic mass is 32.2. The predicted octanol–water partition coefficient (Wildman–Crippen LogP) is 2.46. The second-order valence-electron chi connectivity index (χ2n) is 12.8. The van der Waals surface area contributed by atoms with Crippen molar-refractivity contribution in [3.63, 3.8) is 0 Å². The van der Waals surface area contributed by atoms with Gasteiger partial charge in [0.15, 0.2) is 0 Å². The Morgan fingerprint density at radius 1 is 1.07 bits per heavy atom. The first-order valence-corrected chi connectivity index (χ1v) is 16.9. The third-order valence-electron chi connectivity index (χ3n) is 8.10. The van der Waals surface area contributed by atoms with Crippen molar-refractivity contribution in [1.29, 1.82) is 0 Å². The van der Waals surface area contributed by atoms with Crippen molar-refractivity contribution in [1.82, 2.24) is 25.0 Å². The van der Waals surface area contributed by atoms with Crippen molar-refractivity contribution < 1.29 is 32.3 Å². The Morgan fingerprint density at radius 2 is 1.82 bits per heavy atom. The summed E-state index contributed by atoms with van der Waals surface area (Å²) in [5, 5.41) is 5.52. The smallest absolute Gasteiger partial charge is 0.408 e. The van der Waals surface area contributed by atoms with Gasteiger partial charge in [0.25, 0.3) is 5.91 Å². The van der Waals surface area contributed by atoms with Gasteiger partial charge in [-0.3, -0.25) is 14.4 Å². The number of hydrogen-bond donors (Lipinski definition) is 4. The van der Waals surface area contributed by atoms with Crippen LogP contribution in [0.3, 0.4) is 0 Å². The van der Waals surface area contributed by atoms with Crippen LogP contribution in [0.4, 0.5) is 4.79 Å². The molecule has 0 aromatic heterocycles. The molecule has 0 bridgehead atoms. The highest BCUT2D eigenvalue weighted by Crippen LogP contribution is 2.45. The number of fused-ring (bicyclic) bond motifs is 2. The Hall–Kier alpha value is -3.45. The number of carbonyl (C=O) groups is 4. The van der Waals surface area contributed by atoms with Gasteiger partial charge < -0.3 is 20.3 Å². The third-order valence-corrected chi connectivity index (χ3v) is 9.14. The summed E-state index contributed by atoms with van der Waals surface area (Å²) in [6.45, 7) is 5.63. The second kappa shape index (κ2) is 14.1. The molecule has 0 radical (unpaired) electrons. The number of benzene rings is 1. The predicted molar refractivity (Wildman–Crippen MR) is 164 cm³/mol. The lowest BCUT2D eigenvalue weighted by molar-refractivity contribution is -0.141. The number of nitrogens with zero attached hydrogens (tertiary/aromatic N) is 1. The number of hydrogen-bond acceptors (Lipinski definition) is 7. The van der Waals surface area contributed by atoms with E-state index in [1.54, 1.807) is 20.8 Å². The van der Waals surface area contributed by atoms with Crippen molar-refractivity contribution in [3.8, 4) is 0 Å². The summed E-state index contributed by atoms with van der Waals surface area (Å²) >= 11 is 0. The molecule has 1 aromatic carbocycles. The van der Waals surface area contributed by atoms with Crippen LogP contribution in [0.2, 0.25) is 0 Å². The monoisotopic (exact) mass is 631 g/mol. The van der Waals surface area contributed by atoms with E-state index in [0.29, 0.717) is 45.1 Å². The summed E-state index contributed by atoms with van der Waals surface area (Å²) in [6, 6.07) is 7.64. The molecule has 13 heteroatoms. The first kappa shape index (κ1) is 33.4. The van der Waals surface area contributed by atoms with Crippen molar-refractivity contribution in [3.05, 3.63) is 48.0 Å². The van der Waals surface area contributed by atoms with Gasteiger partial charge in [0.2, 0.25) is 11.8 Å². The van der Waals surface area contributed by atoms with Crippen LogP contribution in [0.15, 0.2) is 42.5 Å². The maximum Gasteiger partial charge on any atom is 0.408 e. The van der Waals surface area contributed by atoms with E-state index in [1.807, 2.05) is 42.5 Å². The molecule has 4 rings (SSSR count). The molecule has 2 fully saturated rings. The number of amides is 4. The van der Waals surface area contributed by atoms with E-state index in [2.05, 4.69) is 20.1 Å². The summed E-state index contributed by atoms with van der Waals surface area (Å²) in [5.41, 5.74) is -1.25. The first-order chi connectivity index (χ1) is 20.8. The Morgan fingerprint density at radius 3 is 2.55 bits per heavy atom. The normalized spacial score (nSPS) is 27.1. The Labute approximate surface area is 259 Å². The molecular weight excluding hydrogens is 586 g/mol. The van der Waals surface area contributed by atoms with Crippen LogP contribution in [-0.2, 0) is 35.8 Å². The largest absolute Gasteiger partial charge is 0.444 e. The topological polar surface area (TPSA) is 163 Å². The first-order valence-electron chi connectivity index (χ1n) is 15.4. The molecule has 12 nitrogen and oxygen atoms in total. The molecule has 1 aromatic rings. The van der Waals surface area contributed by atoms with Gasteiger partial charge in [0.1, 0.15) is 23.2 Å². The van der Waals surface area contributed by atoms with Crippen LogP contribution in [0, 0.1) is 5.92 Å². The van der Waals surface area contributed by atoms with E-state index in [1.165, 1.54) is 4.90 Å². The zero-order chi connectivity index (χ0) is 32.0. The van der Waals surface area contributed by atoms with Crippen molar-refractivity contribution >= 4 is 34.0 Å². The maximum absolute atomic E-state index is 13.7. The molecule has 2 heterocycles. The fourth-order valence-corrected chi connectivity index (χ4v) is 6.64. The summed E-state index contributed by atoms with van der Waals surface area (Å²) in [7, 11) is -4.19. The molecule has 1 saturated carbocycles. The van der Waals surface area contributed by atoms with Gasteiger partial charge in [0.05, 0.1) is 0 Å². The molecule has 4 atom stereocenters. The van der Waals surface area contributed by atoms with Crippen LogP contribution >= 0.6 is 0 Å². The number of ether oxygens (including phenoxy) is 1. The molecule has 0 spiro atoms. The number of rotatable bonds is 7. The molecular formula is C31H45N5O7S. The fourth-order valence-electron chi connectivity index (χ4n) is 5.77. The fraction of sp³-hybridized carbons (Fsp3) is 0.613. The molecule has 1 aliphatic carbocycles. The SMILES string of the molecule is CC(C)(C)OC(=O)N[C@H]1CCCCC/C=C\[C@H]2C[C@@]2(C(=O)NS(=O)(=O)NCCc2ccccc2)NC(=O)[C@@H]2CCCN2C1=O.